The van der Waals surface area contributed by atoms with E-state index in [2.05, 4.69) is 13.8 Å². The van der Waals surface area contributed by atoms with Gasteiger partial charge in [-0.1, -0.05) is 13.8 Å². The minimum absolute atomic E-state index is 0.177. The maximum Gasteiger partial charge on any atom is 0.243 e. The van der Waals surface area contributed by atoms with Crippen molar-refractivity contribution in [1.82, 2.24) is 4.31 Å². The van der Waals surface area contributed by atoms with Gasteiger partial charge in [-0.25, -0.2) is 8.42 Å². The molecule has 0 spiro atoms. The third-order valence-electron chi connectivity index (χ3n) is 3.90. The standard InChI is InChI=1S/C20H23NO4S2/c1-16(2)14-25-18-5-7-20(8-6-18)27(22,23)21(12-17-9-11-26-15-17)13-19-4-3-10-24-19/h3-11,15-16H,12-14H2,1-2H3. The smallest absolute Gasteiger partial charge is 0.243 e. The molecule has 0 saturated heterocycles. The van der Waals surface area contributed by atoms with Crippen LogP contribution in [0.3, 0.4) is 0 Å². The van der Waals surface area contributed by atoms with Gasteiger partial charge in [-0.05, 0) is 64.7 Å². The van der Waals surface area contributed by atoms with Crippen LogP contribution >= 0.6 is 11.3 Å². The van der Waals surface area contributed by atoms with Gasteiger partial charge in [0.2, 0.25) is 10.0 Å². The van der Waals surface area contributed by atoms with Crippen LogP contribution < -0.4 is 4.74 Å². The first-order valence-electron chi connectivity index (χ1n) is 8.71. The number of benzene rings is 1. The normalized spacial score (nSPS) is 12.0. The second-order valence-corrected chi connectivity index (χ2v) is 9.38. The molecule has 0 radical (unpaired) electrons. The summed E-state index contributed by atoms with van der Waals surface area (Å²) in [5.74, 6) is 1.67. The Morgan fingerprint density at radius 1 is 1.11 bits per heavy atom. The van der Waals surface area contributed by atoms with E-state index in [0.717, 1.165) is 5.56 Å². The van der Waals surface area contributed by atoms with Crippen molar-refractivity contribution in [1.29, 1.82) is 0 Å². The van der Waals surface area contributed by atoms with Gasteiger partial charge < -0.3 is 9.15 Å². The van der Waals surface area contributed by atoms with Gasteiger partial charge in [0.05, 0.1) is 24.3 Å². The highest BCUT2D eigenvalue weighted by Crippen LogP contribution is 2.24. The van der Waals surface area contributed by atoms with E-state index in [-0.39, 0.29) is 18.0 Å². The van der Waals surface area contributed by atoms with Crippen LogP contribution in [0.2, 0.25) is 0 Å². The number of hydrogen-bond donors (Lipinski definition) is 0. The molecule has 0 N–H and O–H groups in total. The minimum Gasteiger partial charge on any atom is -0.493 e. The van der Waals surface area contributed by atoms with E-state index in [4.69, 9.17) is 9.15 Å². The van der Waals surface area contributed by atoms with Crippen LogP contribution in [-0.2, 0) is 23.1 Å². The second kappa shape index (κ2) is 8.73. The van der Waals surface area contributed by atoms with Crippen molar-refractivity contribution in [3.05, 3.63) is 70.8 Å². The molecule has 3 aromatic rings. The lowest BCUT2D eigenvalue weighted by atomic mass is 10.2. The fourth-order valence-electron chi connectivity index (χ4n) is 2.51. The highest BCUT2D eigenvalue weighted by Gasteiger charge is 2.26. The van der Waals surface area contributed by atoms with Gasteiger partial charge in [0.25, 0.3) is 0 Å². The zero-order valence-electron chi connectivity index (χ0n) is 15.4. The van der Waals surface area contributed by atoms with Crippen molar-refractivity contribution in [2.75, 3.05) is 6.61 Å². The lowest BCUT2D eigenvalue weighted by Gasteiger charge is -2.21. The number of ether oxygens (including phenoxy) is 1. The highest BCUT2D eigenvalue weighted by atomic mass is 32.2. The van der Waals surface area contributed by atoms with Gasteiger partial charge in [0, 0.05) is 6.54 Å². The van der Waals surface area contributed by atoms with Crippen molar-refractivity contribution in [2.45, 2.75) is 31.8 Å². The molecule has 2 aromatic heterocycles. The van der Waals surface area contributed by atoms with Crippen LogP contribution in [0.25, 0.3) is 0 Å². The monoisotopic (exact) mass is 405 g/mol. The van der Waals surface area contributed by atoms with Crippen LogP contribution in [0.1, 0.15) is 25.2 Å². The molecule has 5 nitrogen and oxygen atoms in total. The Bertz CT molecular complexity index is 879. The van der Waals surface area contributed by atoms with Crippen LogP contribution in [0.5, 0.6) is 5.75 Å². The molecule has 0 bridgehead atoms. The number of rotatable bonds is 9. The molecule has 144 valence electrons. The Morgan fingerprint density at radius 3 is 2.48 bits per heavy atom. The van der Waals surface area contributed by atoms with Crippen LogP contribution in [0, 0.1) is 5.92 Å². The SMILES string of the molecule is CC(C)COc1ccc(S(=O)(=O)N(Cc2ccsc2)Cc2ccco2)cc1. The van der Waals surface area contributed by atoms with E-state index in [9.17, 15) is 8.42 Å². The summed E-state index contributed by atoms with van der Waals surface area (Å²) in [6.07, 6.45) is 1.55. The molecule has 0 fully saturated rings. The molecule has 0 atom stereocenters. The summed E-state index contributed by atoms with van der Waals surface area (Å²) in [6.45, 7) is 5.19. The minimum atomic E-state index is -3.68. The lowest BCUT2D eigenvalue weighted by Crippen LogP contribution is -2.30. The van der Waals surface area contributed by atoms with Gasteiger partial charge in [-0.15, -0.1) is 0 Å². The maximum absolute atomic E-state index is 13.2. The van der Waals surface area contributed by atoms with Crippen LogP contribution in [0.15, 0.2) is 68.8 Å². The number of sulfonamides is 1. The average molecular weight is 406 g/mol. The molecular weight excluding hydrogens is 382 g/mol. The number of furan rings is 1. The molecule has 0 unspecified atom stereocenters. The first-order chi connectivity index (χ1) is 12.9. The van der Waals surface area contributed by atoms with E-state index in [1.807, 2.05) is 16.8 Å². The van der Waals surface area contributed by atoms with Gasteiger partial charge in [0.15, 0.2) is 0 Å². The van der Waals surface area contributed by atoms with E-state index in [1.54, 1.807) is 54.0 Å². The summed E-state index contributed by atoms with van der Waals surface area (Å²) in [5, 5.41) is 3.89. The largest absolute Gasteiger partial charge is 0.493 e. The fourth-order valence-corrected chi connectivity index (χ4v) is 4.56. The Hall–Kier alpha value is -2.09. The lowest BCUT2D eigenvalue weighted by molar-refractivity contribution is 0.271. The Labute approximate surface area is 164 Å². The second-order valence-electron chi connectivity index (χ2n) is 6.66. The molecule has 0 aliphatic carbocycles. The molecule has 27 heavy (non-hydrogen) atoms. The molecule has 7 heteroatoms. The summed E-state index contributed by atoms with van der Waals surface area (Å²) in [4.78, 5) is 0.237. The van der Waals surface area contributed by atoms with E-state index < -0.39 is 10.0 Å². The quantitative estimate of drug-likeness (QED) is 0.515. The van der Waals surface area contributed by atoms with Gasteiger partial charge in [-0.3, -0.25) is 0 Å². The third kappa shape index (κ3) is 5.22. The predicted octanol–water partition coefficient (Wildman–Crippen LogP) is 4.77. The Kier molecular flexibility index (Phi) is 6.36. The third-order valence-corrected chi connectivity index (χ3v) is 6.43. The summed E-state index contributed by atoms with van der Waals surface area (Å²) in [7, 11) is -3.68. The van der Waals surface area contributed by atoms with Crippen molar-refractivity contribution in [3.8, 4) is 5.75 Å². The van der Waals surface area contributed by atoms with E-state index in [0.29, 0.717) is 24.0 Å². The molecule has 1 aromatic carbocycles. The first-order valence-corrected chi connectivity index (χ1v) is 11.1. The molecule has 0 aliphatic heterocycles. The topological polar surface area (TPSA) is 59.8 Å². The van der Waals surface area contributed by atoms with Crippen LogP contribution in [0.4, 0.5) is 0 Å². The first kappa shape index (κ1) is 19.7. The van der Waals surface area contributed by atoms with Gasteiger partial charge >= 0.3 is 0 Å². The number of hydrogen-bond acceptors (Lipinski definition) is 5. The van der Waals surface area contributed by atoms with E-state index >= 15 is 0 Å². The predicted molar refractivity (Wildman–Crippen MR) is 106 cm³/mol. The number of nitrogens with zero attached hydrogens (tertiary/aromatic N) is 1. The van der Waals surface area contributed by atoms with Crippen molar-refractivity contribution >= 4 is 21.4 Å². The highest BCUT2D eigenvalue weighted by molar-refractivity contribution is 7.89. The van der Waals surface area contributed by atoms with Crippen molar-refractivity contribution < 1.29 is 17.6 Å². The summed E-state index contributed by atoms with van der Waals surface area (Å²) < 4.78 is 38.9. The van der Waals surface area contributed by atoms with Gasteiger partial charge in [-0.2, -0.15) is 15.6 Å². The zero-order chi connectivity index (χ0) is 19.3. The molecule has 3 rings (SSSR count). The van der Waals surface area contributed by atoms with Gasteiger partial charge in [0.1, 0.15) is 11.5 Å². The fraction of sp³-hybridized carbons (Fsp3) is 0.300. The Morgan fingerprint density at radius 2 is 1.89 bits per heavy atom. The molecular formula is C20H23NO4S2. The van der Waals surface area contributed by atoms with Crippen molar-refractivity contribution in [2.24, 2.45) is 5.92 Å². The summed E-state index contributed by atoms with van der Waals surface area (Å²) in [6, 6.07) is 12.0. The molecule has 0 amide bonds. The molecule has 0 aliphatic rings. The van der Waals surface area contributed by atoms with Crippen molar-refractivity contribution in [3.63, 3.8) is 0 Å². The maximum atomic E-state index is 13.2. The molecule has 2 heterocycles. The Balaban J connectivity index is 1.82. The van der Waals surface area contributed by atoms with E-state index in [1.165, 1.54) is 4.31 Å². The molecule has 0 saturated carbocycles. The van der Waals surface area contributed by atoms with Crippen LogP contribution in [-0.4, -0.2) is 19.3 Å². The number of thiophene rings is 1. The zero-order valence-corrected chi connectivity index (χ0v) is 17.0. The average Bonchev–Trinajstić information content (AvgIpc) is 3.34. The summed E-state index contributed by atoms with van der Waals surface area (Å²) in [5.41, 5.74) is 0.951. The summed E-state index contributed by atoms with van der Waals surface area (Å²) >= 11 is 1.54.